The van der Waals surface area contributed by atoms with E-state index in [9.17, 15) is 14.7 Å². The summed E-state index contributed by atoms with van der Waals surface area (Å²) >= 11 is 0. The Morgan fingerprint density at radius 3 is 2.52 bits per heavy atom. The van der Waals surface area contributed by atoms with Gasteiger partial charge in [0.2, 0.25) is 11.9 Å². The molecule has 1 aromatic heterocycles. The number of carbonyl (C=O) groups excluding carboxylic acids is 2. The Morgan fingerprint density at radius 2 is 1.93 bits per heavy atom. The number of hydrogen-bond acceptors (Lipinski definition) is 7. The summed E-state index contributed by atoms with van der Waals surface area (Å²) in [6, 6.07) is 0.222. The number of carbonyl (C=O) groups is 2. The third-order valence-electron chi connectivity index (χ3n) is 5.56. The number of aliphatic hydroxyl groups excluding tert-OH is 1. The summed E-state index contributed by atoms with van der Waals surface area (Å²) in [6.07, 6.45) is 5.50. The van der Waals surface area contributed by atoms with Crippen molar-refractivity contribution in [3.63, 3.8) is 0 Å². The highest BCUT2D eigenvalue weighted by molar-refractivity contribution is 5.97. The van der Waals surface area contributed by atoms with E-state index in [1.54, 1.807) is 0 Å². The number of primary amides is 1. The molecule has 9 nitrogen and oxygen atoms in total. The zero-order valence-electron chi connectivity index (χ0n) is 17.2. The van der Waals surface area contributed by atoms with E-state index in [-0.39, 0.29) is 29.7 Å². The van der Waals surface area contributed by atoms with Gasteiger partial charge in [0.1, 0.15) is 5.82 Å². The summed E-state index contributed by atoms with van der Waals surface area (Å²) in [7, 11) is 0. The molecule has 2 amide bonds. The van der Waals surface area contributed by atoms with E-state index < -0.39 is 5.91 Å². The molecule has 2 atom stereocenters. The quantitative estimate of drug-likeness (QED) is 0.539. The fourth-order valence-electron chi connectivity index (χ4n) is 3.96. The standard InChI is InChI=1S/C20H32N6O3/c1-12(2)9-17(28)26-7-5-13(6-8-26)24-20-22-11-16(18(21)29)19(25-20)23-14-3-4-15(27)10-14/h11-15,27H,3-10H2,1-2H3,(H2,21,29)(H2,22,23,24,25)/t14-,15?/m0/s1. The second kappa shape index (κ2) is 9.39. The first-order valence-electron chi connectivity index (χ1n) is 10.5. The molecule has 0 spiro atoms. The summed E-state index contributed by atoms with van der Waals surface area (Å²) in [4.78, 5) is 34.6. The van der Waals surface area contributed by atoms with Gasteiger partial charge in [-0.2, -0.15) is 4.98 Å². The molecule has 1 unspecified atom stereocenters. The van der Waals surface area contributed by atoms with Crippen molar-refractivity contribution in [1.29, 1.82) is 0 Å². The Hall–Kier alpha value is -2.42. The zero-order valence-corrected chi connectivity index (χ0v) is 17.2. The van der Waals surface area contributed by atoms with Crippen LogP contribution in [0, 0.1) is 5.92 Å². The van der Waals surface area contributed by atoms with E-state index >= 15 is 0 Å². The largest absolute Gasteiger partial charge is 0.393 e. The van der Waals surface area contributed by atoms with Crippen LogP contribution in [-0.2, 0) is 4.79 Å². The van der Waals surface area contributed by atoms with Crippen LogP contribution in [0.5, 0.6) is 0 Å². The van der Waals surface area contributed by atoms with Crippen molar-refractivity contribution < 1.29 is 14.7 Å². The van der Waals surface area contributed by atoms with E-state index in [0.29, 0.717) is 43.6 Å². The molecule has 0 radical (unpaired) electrons. The molecule has 1 aliphatic carbocycles. The van der Waals surface area contributed by atoms with Gasteiger partial charge in [-0.1, -0.05) is 13.8 Å². The molecular weight excluding hydrogens is 372 g/mol. The first kappa shape index (κ1) is 21.3. The fraction of sp³-hybridized carbons (Fsp3) is 0.700. The molecule has 2 aliphatic rings. The van der Waals surface area contributed by atoms with Gasteiger partial charge < -0.3 is 26.4 Å². The molecule has 0 aromatic carbocycles. The first-order valence-corrected chi connectivity index (χ1v) is 10.5. The number of anilines is 2. The highest BCUT2D eigenvalue weighted by atomic mass is 16.3. The Bertz CT molecular complexity index is 733. The average Bonchev–Trinajstić information content (AvgIpc) is 3.06. The predicted octanol–water partition coefficient (Wildman–Crippen LogP) is 1.35. The van der Waals surface area contributed by atoms with Crippen LogP contribution in [0.25, 0.3) is 0 Å². The topological polar surface area (TPSA) is 133 Å². The highest BCUT2D eigenvalue weighted by Crippen LogP contribution is 2.25. The monoisotopic (exact) mass is 404 g/mol. The Labute approximate surface area is 171 Å². The van der Waals surface area contributed by atoms with Crippen molar-refractivity contribution >= 4 is 23.6 Å². The van der Waals surface area contributed by atoms with Gasteiger partial charge in [0.05, 0.1) is 11.7 Å². The zero-order chi connectivity index (χ0) is 21.0. The lowest BCUT2D eigenvalue weighted by atomic mass is 10.0. The Balaban J connectivity index is 1.60. The molecule has 1 saturated carbocycles. The number of nitrogens with zero attached hydrogens (tertiary/aromatic N) is 3. The van der Waals surface area contributed by atoms with Crippen LogP contribution >= 0.6 is 0 Å². The van der Waals surface area contributed by atoms with Crippen LogP contribution in [0.4, 0.5) is 11.8 Å². The van der Waals surface area contributed by atoms with E-state index in [1.807, 2.05) is 4.90 Å². The lowest BCUT2D eigenvalue weighted by molar-refractivity contribution is -0.132. The first-order chi connectivity index (χ1) is 13.8. The van der Waals surface area contributed by atoms with Gasteiger partial charge in [-0.25, -0.2) is 4.98 Å². The average molecular weight is 405 g/mol. The molecule has 29 heavy (non-hydrogen) atoms. The maximum absolute atomic E-state index is 12.2. The molecular formula is C20H32N6O3. The van der Waals surface area contributed by atoms with Crippen LogP contribution in [-0.4, -0.2) is 63.1 Å². The van der Waals surface area contributed by atoms with E-state index in [4.69, 9.17) is 5.73 Å². The van der Waals surface area contributed by atoms with Crippen molar-refractivity contribution in [2.45, 2.75) is 70.6 Å². The minimum atomic E-state index is -0.588. The van der Waals surface area contributed by atoms with Crippen molar-refractivity contribution in [3.8, 4) is 0 Å². The molecule has 2 fully saturated rings. The minimum absolute atomic E-state index is 0.0565. The van der Waals surface area contributed by atoms with Gasteiger partial charge in [0, 0.05) is 37.8 Å². The summed E-state index contributed by atoms with van der Waals surface area (Å²) in [5, 5.41) is 16.3. The van der Waals surface area contributed by atoms with Gasteiger partial charge in [-0.3, -0.25) is 9.59 Å². The van der Waals surface area contributed by atoms with Gasteiger partial charge in [-0.05, 0) is 38.0 Å². The van der Waals surface area contributed by atoms with E-state index in [2.05, 4.69) is 34.4 Å². The van der Waals surface area contributed by atoms with Crippen LogP contribution in [0.2, 0.25) is 0 Å². The van der Waals surface area contributed by atoms with Gasteiger partial charge in [0.15, 0.2) is 0 Å². The number of likely N-dealkylation sites (tertiary alicyclic amines) is 1. The number of nitrogens with one attached hydrogen (secondary N) is 2. The minimum Gasteiger partial charge on any atom is -0.393 e. The van der Waals surface area contributed by atoms with Gasteiger partial charge in [0.25, 0.3) is 5.91 Å². The number of hydrogen-bond donors (Lipinski definition) is 4. The maximum atomic E-state index is 12.2. The number of aromatic nitrogens is 2. The van der Waals surface area contributed by atoms with Crippen molar-refractivity contribution in [2.24, 2.45) is 11.7 Å². The molecule has 1 aliphatic heterocycles. The van der Waals surface area contributed by atoms with Crippen LogP contribution in [0.15, 0.2) is 6.20 Å². The fourth-order valence-corrected chi connectivity index (χ4v) is 3.96. The SMILES string of the molecule is CC(C)CC(=O)N1CCC(Nc2ncc(C(N)=O)c(N[C@H]3CCC(O)C3)n2)CC1. The van der Waals surface area contributed by atoms with Crippen LogP contribution in [0.3, 0.4) is 0 Å². The third-order valence-corrected chi connectivity index (χ3v) is 5.56. The Kier molecular flexibility index (Phi) is 6.89. The molecule has 160 valence electrons. The van der Waals surface area contributed by atoms with E-state index in [0.717, 1.165) is 25.7 Å². The second-order valence-electron chi connectivity index (χ2n) is 8.53. The molecule has 1 saturated heterocycles. The molecule has 1 aromatic rings. The highest BCUT2D eigenvalue weighted by Gasteiger charge is 2.26. The third kappa shape index (κ3) is 5.79. The molecule has 2 heterocycles. The normalized spacial score (nSPS) is 22.7. The maximum Gasteiger partial charge on any atom is 0.254 e. The number of piperidine rings is 1. The second-order valence-corrected chi connectivity index (χ2v) is 8.53. The smallest absolute Gasteiger partial charge is 0.254 e. The number of rotatable bonds is 7. The number of amides is 2. The number of nitrogens with two attached hydrogens (primary N) is 1. The van der Waals surface area contributed by atoms with Crippen molar-refractivity contribution in [1.82, 2.24) is 14.9 Å². The molecule has 3 rings (SSSR count). The predicted molar refractivity (Wildman–Crippen MR) is 110 cm³/mol. The van der Waals surface area contributed by atoms with E-state index in [1.165, 1.54) is 6.20 Å². The lowest BCUT2D eigenvalue weighted by Crippen LogP contribution is -2.42. The molecule has 5 N–H and O–H groups in total. The van der Waals surface area contributed by atoms with Crippen molar-refractivity contribution in [3.05, 3.63) is 11.8 Å². The molecule has 9 heteroatoms. The van der Waals surface area contributed by atoms with Crippen LogP contribution < -0.4 is 16.4 Å². The Morgan fingerprint density at radius 1 is 1.21 bits per heavy atom. The lowest BCUT2D eigenvalue weighted by Gasteiger charge is -2.33. The van der Waals surface area contributed by atoms with Gasteiger partial charge >= 0.3 is 0 Å². The van der Waals surface area contributed by atoms with Gasteiger partial charge in [-0.15, -0.1) is 0 Å². The summed E-state index contributed by atoms with van der Waals surface area (Å²) in [6.45, 7) is 5.54. The summed E-state index contributed by atoms with van der Waals surface area (Å²) in [5.74, 6) is 0.824. The molecule has 0 bridgehead atoms. The summed E-state index contributed by atoms with van der Waals surface area (Å²) in [5.41, 5.74) is 5.70. The number of aliphatic hydroxyl groups is 1. The van der Waals surface area contributed by atoms with Crippen molar-refractivity contribution in [2.75, 3.05) is 23.7 Å². The van der Waals surface area contributed by atoms with Crippen LogP contribution in [0.1, 0.15) is 62.7 Å². The summed E-state index contributed by atoms with van der Waals surface area (Å²) < 4.78 is 0.